The maximum Gasteiger partial charge on any atom is 0.146 e. The summed E-state index contributed by atoms with van der Waals surface area (Å²) in [7, 11) is 0. The van der Waals surface area contributed by atoms with Crippen molar-refractivity contribution in [2.24, 2.45) is 0 Å². The maximum absolute atomic E-state index is 13.4. The van der Waals surface area contributed by atoms with Gasteiger partial charge in [0.05, 0.1) is 23.4 Å². The zero-order chi connectivity index (χ0) is 11.5. The molecule has 1 aromatic carbocycles. The number of anilines is 1. The van der Waals surface area contributed by atoms with E-state index >= 15 is 0 Å². The molecule has 5 heteroatoms. The summed E-state index contributed by atoms with van der Waals surface area (Å²) >= 11 is 1.47. The van der Waals surface area contributed by atoms with Gasteiger partial charge in [0.25, 0.3) is 0 Å². The Morgan fingerprint density at radius 2 is 2.12 bits per heavy atom. The van der Waals surface area contributed by atoms with E-state index in [0.29, 0.717) is 12.1 Å². The summed E-state index contributed by atoms with van der Waals surface area (Å²) in [5.74, 6) is -0.865. The molecule has 16 heavy (non-hydrogen) atoms. The number of nitrogens with zero attached hydrogens (tertiary/aromatic N) is 1. The molecule has 0 saturated heterocycles. The minimum Gasteiger partial charge on any atom is -0.377 e. The largest absolute Gasteiger partial charge is 0.377 e. The van der Waals surface area contributed by atoms with Crippen LogP contribution >= 0.6 is 11.3 Å². The van der Waals surface area contributed by atoms with Crippen molar-refractivity contribution < 1.29 is 8.78 Å². The standard InChI is InChI=1S/C11H10F2N2S/c1-7-2-10(13)11(3-9(7)12)14-4-8-5-16-6-15-8/h2-3,5-6,14H,4H2,1H3. The second kappa shape index (κ2) is 4.57. The van der Waals surface area contributed by atoms with Gasteiger partial charge < -0.3 is 5.32 Å². The third kappa shape index (κ3) is 2.36. The third-order valence-corrected chi connectivity index (χ3v) is 2.83. The Labute approximate surface area is 96.0 Å². The highest BCUT2D eigenvalue weighted by Crippen LogP contribution is 2.19. The van der Waals surface area contributed by atoms with Crippen molar-refractivity contribution in [3.8, 4) is 0 Å². The van der Waals surface area contributed by atoms with Gasteiger partial charge in [0.2, 0.25) is 0 Å². The summed E-state index contributed by atoms with van der Waals surface area (Å²) in [4.78, 5) is 4.04. The van der Waals surface area contributed by atoms with Gasteiger partial charge in [0, 0.05) is 11.4 Å². The molecule has 0 spiro atoms. The van der Waals surface area contributed by atoms with Crippen LogP contribution in [-0.2, 0) is 6.54 Å². The van der Waals surface area contributed by atoms with Gasteiger partial charge in [0.1, 0.15) is 11.6 Å². The van der Waals surface area contributed by atoms with Gasteiger partial charge in [-0.1, -0.05) is 0 Å². The molecular weight excluding hydrogens is 230 g/mol. The molecule has 0 atom stereocenters. The Morgan fingerprint density at radius 1 is 1.31 bits per heavy atom. The second-order valence-electron chi connectivity index (χ2n) is 3.41. The van der Waals surface area contributed by atoms with Crippen LogP contribution in [0.5, 0.6) is 0 Å². The smallest absolute Gasteiger partial charge is 0.146 e. The Balaban J connectivity index is 2.12. The predicted molar refractivity (Wildman–Crippen MR) is 60.5 cm³/mol. The number of benzene rings is 1. The van der Waals surface area contributed by atoms with E-state index in [0.717, 1.165) is 11.8 Å². The van der Waals surface area contributed by atoms with Crippen molar-refractivity contribution in [3.05, 3.63) is 45.9 Å². The number of aromatic nitrogens is 1. The van der Waals surface area contributed by atoms with Crippen LogP contribution in [0, 0.1) is 18.6 Å². The molecule has 0 radical (unpaired) electrons. The Bertz CT molecular complexity index is 483. The zero-order valence-electron chi connectivity index (χ0n) is 8.63. The Hall–Kier alpha value is -1.49. The number of aryl methyl sites for hydroxylation is 1. The summed E-state index contributed by atoms with van der Waals surface area (Å²) in [5, 5.41) is 4.67. The fourth-order valence-electron chi connectivity index (χ4n) is 1.29. The summed E-state index contributed by atoms with van der Waals surface area (Å²) in [6.07, 6.45) is 0. The van der Waals surface area contributed by atoms with Crippen molar-refractivity contribution in [3.63, 3.8) is 0 Å². The van der Waals surface area contributed by atoms with Gasteiger partial charge in [-0.3, -0.25) is 0 Å². The van der Waals surface area contributed by atoms with Crippen molar-refractivity contribution in [1.82, 2.24) is 4.98 Å². The topological polar surface area (TPSA) is 24.9 Å². The first-order valence-corrected chi connectivity index (χ1v) is 5.67. The molecular formula is C11H10F2N2S. The predicted octanol–water partition coefficient (Wildman–Crippen LogP) is 3.34. The fourth-order valence-corrected chi connectivity index (χ4v) is 1.85. The molecule has 1 N–H and O–H groups in total. The molecule has 0 fully saturated rings. The van der Waals surface area contributed by atoms with Crippen LogP contribution in [-0.4, -0.2) is 4.98 Å². The van der Waals surface area contributed by atoms with Gasteiger partial charge in [-0.25, -0.2) is 13.8 Å². The number of thiazole rings is 1. The Kier molecular flexibility index (Phi) is 3.14. The Morgan fingerprint density at radius 3 is 2.81 bits per heavy atom. The molecule has 0 saturated carbocycles. The van der Waals surface area contributed by atoms with Gasteiger partial charge in [0.15, 0.2) is 0 Å². The van der Waals surface area contributed by atoms with Gasteiger partial charge in [-0.05, 0) is 18.6 Å². The highest BCUT2D eigenvalue weighted by atomic mass is 32.1. The van der Waals surface area contributed by atoms with E-state index in [2.05, 4.69) is 10.3 Å². The molecule has 0 bridgehead atoms. The lowest BCUT2D eigenvalue weighted by Crippen LogP contribution is -2.02. The van der Waals surface area contributed by atoms with E-state index in [1.807, 2.05) is 5.38 Å². The summed E-state index contributed by atoms with van der Waals surface area (Å²) in [6.45, 7) is 1.92. The van der Waals surface area contributed by atoms with E-state index in [9.17, 15) is 8.78 Å². The summed E-state index contributed by atoms with van der Waals surface area (Å²) in [6, 6.07) is 2.34. The maximum atomic E-state index is 13.4. The van der Waals surface area contributed by atoms with Crippen molar-refractivity contribution in [2.45, 2.75) is 13.5 Å². The van der Waals surface area contributed by atoms with E-state index in [-0.39, 0.29) is 5.69 Å². The molecule has 2 rings (SSSR count). The normalized spacial score (nSPS) is 10.4. The number of halogens is 2. The molecule has 0 aliphatic carbocycles. The van der Waals surface area contributed by atoms with E-state index in [1.54, 1.807) is 5.51 Å². The summed E-state index contributed by atoms with van der Waals surface area (Å²) < 4.78 is 26.6. The van der Waals surface area contributed by atoms with Crippen LogP contribution in [0.2, 0.25) is 0 Å². The van der Waals surface area contributed by atoms with Crippen LogP contribution in [0.4, 0.5) is 14.5 Å². The van der Waals surface area contributed by atoms with Gasteiger partial charge in [-0.2, -0.15) is 0 Å². The lowest BCUT2D eigenvalue weighted by Gasteiger charge is -2.07. The second-order valence-corrected chi connectivity index (χ2v) is 4.13. The number of hydrogen-bond acceptors (Lipinski definition) is 3. The lowest BCUT2D eigenvalue weighted by atomic mass is 10.2. The van der Waals surface area contributed by atoms with E-state index in [4.69, 9.17) is 0 Å². The average Bonchev–Trinajstić information content (AvgIpc) is 2.74. The van der Waals surface area contributed by atoms with E-state index < -0.39 is 11.6 Å². The lowest BCUT2D eigenvalue weighted by molar-refractivity contribution is 0.594. The van der Waals surface area contributed by atoms with Crippen LogP contribution in [0.1, 0.15) is 11.3 Å². The third-order valence-electron chi connectivity index (χ3n) is 2.19. The average molecular weight is 240 g/mol. The first-order chi connectivity index (χ1) is 7.66. The van der Waals surface area contributed by atoms with Gasteiger partial charge >= 0.3 is 0 Å². The first kappa shape index (κ1) is 11.0. The molecule has 0 aliphatic heterocycles. The quantitative estimate of drug-likeness (QED) is 0.890. The molecule has 84 valence electrons. The fraction of sp³-hybridized carbons (Fsp3) is 0.182. The molecule has 2 nitrogen and oxygen atoms in total. The molecule has 0 aliphatic rings. The van der Waals surface area contributed by atoms with Crippen molar-refractivity contribution >= 4 is 17.0 Å². The van der Waals surface area contributed by atoms with Crippen LogP contribution in [0.15, 0.2) is 23.0 Å². The van der Waals surface area contributed by atoms with E-state index in [1.165, 1.54) is 24.3 Å². The minimum atomic E-state index is -0.450. The number of nitrogens with one attached hydrogen (secondary N) is 1. The molecule has 0 unspecified atom stereocenters. The highest BCUT2D eigenvalue weighted by Gasteiger charge is 2.07. The summed E-state index contributed by atoms with van der Waals surface area (Å²) in [5.41, 5.74) is 2.97. The minimum absolute atomic E-state index is 0.163. The van der Waals surface area contributed by atoms with Crippen LogP contribution in [0.25, 0.3) is 0 Å². The zero-order valence-corrected chi connectivity index (χ0v) is 9.44. The highest BCUT2D eigenvalue weighted by molar-refractivity contribution is 7.07. The first-order valence-electron chi connectivity index (χ1n) is 4.73. The molecule has 2 aromatic rings. The van der Waals surface area contributed by atoms with Crippen LogP contribution < -0.4 is 5.32 Å². The molecule has 1 aromatic heterocycles. The number of rotatable bonds is 3. The molecule has 1 heterocycles. The van der Waals surface area contributed by atoms with Gasteiger partial charge in [-0.15, -0.1) is 11.3 Å². The monoisotopic (exact) mass is 240 g/mol. The number of hydrogen-bond donors (Lipinski definition) is 1. The SMILES string of the molecule is Cc1cc(F)c(NCc2cscn2)cc1F. The van der Waals surface area contributed by atoms with Crippen molar-refractivity contribution in [1.29, 1.82) is 0 Å². The molecule has 0 amide bonds. The van der Waals surface area contributed by atoms with Crippen LogP contribution in [0.3, 0.4) is 0 Å². The van der Waals surface area contributed by atoms with Crippen molar-refractivity contribution in [2.75, 3.05) is 5.32 Å².